The van der Waals surface area contributed by atoms with Gasteiger partial charge < -0.3 is 9.13 Å². The third-order valence-electron chi connectivity index (χ3n) is 12.7. The lowest BCUT2D eigenvalue weighted by molar-refractivity contribution is -0.137. The topological polar surface area (TPSA) is 105 Å². The normalized spacial score (nSPS) is 11.4. The van der Waals surface area contributed by atoms with Crippen LogP contribution in [0.15, 0.2) is 188 Å². The van der Waals surface area contributed by atoms with Gasteiger partial charge in [0.1, 0.15) is 0 Å². The SMILES string of the molecule is N#Cc1ccc(-n2c3ccccc3c3cc(-c4ccccc4C#N)ccc32)c(-c2cc(-c3ccc(C(F)(F)F)cc3C#N)ccc2-n2c3ccccc3c3cc(-c4ccccc4C#N)ccc32)c1. The molecule has 68 heavy (non-hydrogen) atoms. The molecule has 0 aliphatic heterocycles. The van der Waals surface area contributed by atoms with Crippen molar-refractivity contribution < 1.29 is 13.2 Å². The molecular weight excluding hydrogens is 850 g/mol. The average molecular weight is 881 g/mol. The van der Waals surface area contributed by atoms with Crippen LogP contribution in [0.25, 0.3) is 99.5 Å². The molecule has 0 saturated carbocycles. The van der Waals surface area contributed by atoms with Crippen molar-refractivity contribution >= 4 is 43.6 Å². The van der Waals surface area contributed by atoms with E-state index in [0.29, 0.717) is 44.6 Å². The fourth-order valence-electron chi connectivity index (χ4n) is 9.66. The molecule has 0 N–H and O–H groups in total. The Morgan fingerprint density at radius 3 is 1.31 bits per heavy atom. The van der Waals surface area contributed by atoms with Gasteiger partial charge in [-0.25, -0.2) is 0 Å². The second-order valence-electron chi connectivity index (χ2n) is 16.4. The first-order valence-corrected chi connectivity index (χ1v) is 21.6. The number of hydrogen-bond donors (Lipinski definition) is 0. The van der Waals surface area contributed by atoms with Crippen LogP contribution in [0, 0.1) is 45.3 Å². The number of nitrogens with zero attached hydrogens (tertiary/aromatic N) is 6. The van der Waals surface area contributed by atoms with E-state index in [1.54, 1.807) is 18.2 Å². The van der Waals surface area contributed by atoms with Crippen molar-refractivity contribution in [3.8, 4) is 80.2 Å². The molecule has 6 nitrogen and oxygen atoms in total. The molecule has 0 radical (unpaired) electrons. The summed E-state index contributed by atoms with van der Waals surface area (Å²) in [7, 11) is 0. The number of aromatic nitrogens is 2. The molecule has 11 rings (SSSR count). The van der Waals surface area contributed by atoms with Gasteiger partial charge in [-0.2, -0.15) is 34.2 Å². The van der Waals surface area contributed by atoms with Gasteiger partial charge in [0, 0.05) is 32.7 Å². The van der Waals surface area contributed by atoms with Crippen LogP contribution in [0.2, 0.25) is 0 Å². The first-order valence-electron chi connectivity index (χ1n) is 21.6. The quantitative estimate of drug-likeness (QED) is 0.166. The summed E-state index contributed by atoms with van der Waals surface area (Å²) in [5.74, 6) is 0. The van der Waals surface area contributed by atoms with Gasteiger partial charge in [-0.3, -0.25) is 0 Å². The highest BCUT2D eigenvalue weighted by atomic mass is 19.4. The standard InChI is InChI=1S/C59H31F3N6/c60-59(61,62)43-21-22-46(42(28-43)35-66)39-20-26-58(68-54-16-8-6-14-48(54)51-30-38(19-25-57(51)68)45-12-4-2-10-41(45)34-65)52(31-39)49-27-36(32-63)17-23-55(49)67-53-15-7-5-13-47(53)50-29-37(18-24-56(50)67)44-11-3-1-9-40(44)33-64/h1-31H. The van der Waals surface area contributed by atoms with E-state index in [9.17, 15) is 34.2 Å². The lowest BCUT2D eigenvalue weighted by atomic mass is 9.92. The van der Waals surface area contributed by atoms with Gasteiger partial charge in [-0.15, -0.1) is 0 Å². The molecule has 318 valence electrons. The number of rotatable bonds is 6. The Balaban J connectivity index is 1.22. The van der Waals surface area contributed by atoms with Crippen LogP contribution in [0.4, 0.5) is 13.2 Å². The predicted molar refractivity (Wildman–Crippen MR) is 261 cm³/mol. The number of nitriles is 4. The highest BCUT2D eigenvalue weighted by Gasteiger charge is 2.31. The summed E-state index contributed by atoms with van der Waals surface area (Å²) in [5.41, 5.74) is 10.8. The molecule has 11 aromatic rings. The van der Waals surface area contributed by atoms with Gasteiger partial charge in [0.2, 0.25) is 0 Å². The number of para-hydroxylation sites is 2. The Morgan fingerprint density at radius 1 is 0.338 bits per heavy atom. The van der Waals surface area contributed by atoms with Crippen LogP contribution in [-0.2, 0) is 6.18 Å². The number of hydrogen-bond acceptors (Lipinski definition) is 4. The number of fused-ring (bicyclic) bond motifs is 6. The first-order chi connectivity index (χ1) is 33.2. The Kier molecular flexibility index (Phi) is 9.72. The largest absolute Gasteiger partial charge is 0.416 e. The van der Waals surface area contributed by atoms with E-state index in [4.69, 9.17) is 0 Å². The number of halogens is 3. The molecule has 0 amide bonds. The molecule has 0 atom stereocenters. The summed E-state index contributed by atoms with van der Waals surface area (Å²) in [6.07, 6.45) is -4.65. The summed E-state index contributed by atoms with van der Waals surface area (Å²) >= 11 is 0. The summed E-state index contributed by atoms with van der Waals surface area (Å²) in [6, 6.07) is 66.5. The molecule has 2 aromatic heterocycles. The van der Waals surface area contributed by atoms with E-state index in [-0.39, 0.29) is 5.56 Å². The molecule has 0 bridgehead atoms. The van der Waals surface area contributed by atoms with Crippen LogP contribution in [0.3, 0.4) is 0 Å². The maximum absolute atomic E-state index is 14.0. The van der Waals surface area contributed by atoms with Gasteiger partial charge in [0.15, 0.2) is 0 Å². The molecule has 0 unspecified atom stereocenters. The second kappa shape index (κ2) is 16.1. The summed E-state index contributed by atoms with van der Waals surface area (Å²) < 4.78 is 46.3. The molecule has 9 aromatic carbocycles. The van der Waals surface area contributed by atoms with E-state index in [0.717, 1.165) is 83.7 Å². The van der Waals surface area contributed by atoms with Crippen LogP contribution < -0.4 is 0 Å². The van der Waals surface area contributed by atoms with Gasteiger partial charge in [-0.05, 0) is 124 Å². The second-order valence-corrected chi connectivity index (χ2v) is 16.4. The third kappa shape index (κ3) is 6.63. The lowest BCUT2D eigenvalue weighted by Gasteiger charge is -2.20. The zero-order chi connectivity index (χ0) is 46.7. The fourth-order valence-corrected chi connectivity index (χ4v) is 9.66. The zero-order valence-corrected chi connectivity index (χ0v) is 35.7. The van der Waals surface area contributed by atoms with Crippen LogP contribution in [-0.4, -0.2) is 9.13 Å². The Hall–Kier alpha value is -9.67. The minimum atomic E-state index is -4.65. The van der Waals surface area contributed by atoms with Crippen molar-refractivity contribution in [3.05, 3.63) is 216 Å². The smallest absolute Gasteiger partial charge is 0.309 e. The number of alkyl halides is 3. The maximum atomic E-state index is 14.0. The van der Waals surface area contributed by atoms with E-state index in [1.165, 1.54) is 6.07 Å². The predicted octanol–water partition coefficient (Wildman–Crippen LogP) is 15.1. The van der Waals surface area contributed by atoms with Crippen molar-refractivity contribution in [1.29, 1.82) is 21.0 Å². The maximum Gasteiger partial charge on any atom is 0.416 e. The molecule has 9 heteroatoms. The minimum absolute atomic E-state index is 0.136. The van der Waals surface area contributed by atoms with Crippen molar-refractivity contribution in [1.82, 2.24) is 9.13 Å². The lowest BCUT2D eigenvalue weighted by Crippen LogP contribution is -2.05. The van der Waals surface area contributed by atoms with Crippen molar-refractivity contribution in [3.63, 3.8) is 0 Å². The third-order valence-corrected chi connectivity index (χ3v) is 12.7. The molecule has 2 heterocycles. The van der Waals surface area contributed by atoms with E-state index >= 15 is 0 Å². The van der Waals surface area contributed by atoms with Crippen LogP contribution in [0.5, 0.6) is 0 Å². The van der Waals surface area contributed by atoms with Gasteiger partial charge in [0.05, 0.1) is 85.5 Å². The molecule has 0 fully saturated rings. The van der Waals surface area contributed by atoms with Gasteiger partial charge >= 0.3 is 6.18 Å². The summed E-state index contributed by atoms with van der Waals surface area (Å²) in [4.78, 5) is 0. The highest BCUT2D eigenvalue weighted by molar-refractivity contribution is 6.13. The van der Waals surface area contributed by atoms with E-state index in [2.05, 4.69) is 45.5 Å². The Labute approximate surface area is 387 Å². The molecule has 0 spiro atoms. The highest BCUT2D eigenvalue weighted by Crippen LogP contribution is 2.45. The fraction of sp³-hybridized carbons (Fsp3) is 0.0169. The Bertz CT molecular complexity index is 4090. The van der Waals surface area contributed by atoms with Crippen molar-refractivity contribution in [2.24, 2.45) is 0 Å². The van der Waals surface area contributed by atoms with Crippen LogP contribution in [0.1, 0.15) is 27.8 Å². The summed E-state index contributed by atoms with van der Waals surface area (Å²) in [6.45, 7) is 0. The summed E-state index contributed by atoms with van der Waals surface area (Å²) in [5, 5.41) is 44.6. The van der Waals surface area contributed by atoms with Gasteiger partial charge in [0.25, 0.3) is 0 Å². The van der Waals surface area contributed by atoms with Crippen molar-refractivity contribution in [2.75, 3.05) is 0 Å². The minimum Gasteiger partial charge on any atom is -0.309 e. The monoisotopic (exact) mass is 880 g/mol. The van der Waals surface area contributed by atoms with E-state index < -0.39 is 11.7 Å². The molecular formula is C59H31F3N6. The average Bonchev–Trinajstić information content (AvgIpc) is 3.89. The molecule has 0 aliphatic rings. The molecule has 0 saturated heterocycles. The van der Waals surface area contributed by atoms with E-state index in [1.807, 2.05) is 140 Å². The van der Waals surface area contributed by atoms with Gasteiger partial charge in [-0.1, -0.05) is 97.1 Å². The van der Waals surface area contributed by atoms with Crippen LogP contribution >= 0.6 is 0 Å². The zero-order valence-electron chi connectivity index (χ0n) is 35.7. The number of benzene rings is 9. The molecule has 0 aliphatic carbocycles. The first kappa shape index (κ1) is 41.1. The van der Waals surface area contributed by atoms with Crippen molar-refractivity contribution in [2.45, 2.75) is 6.18 Å². The Morgan fingerprint density at radius 2 is 0.779 bits per heavy atom.